The summed E-state index contributed by atoms with van der Waals surface area (Å²) in [6.45, 7) is 0. The minimum atomic E-state index is 0.268. The predicted molar refractivity (Wildman–Crippen MR) is 204 cm³/mol. The van der Waals surface area contributed by atoms with Gasteiger partial charge in [-0.25, -0.2) is 0 Å². The van der Waals surface area contributed by atoms with Crippen molar-refractivity contribution in [2.75, 3.05) is 11.8 Å². The first-order chi connectivity index (χ1) is 23.6. The molecule has 0 amide bonds. The van der Waals surface area contributed by atoms with Crippen molar-refractivity contribution < 1.29 is 10.2 Å². The van der Waals surface area contributed by atoms with E-state index in [9.17, 15) is 10.2 Å². The van der Waals surface area contributed by atoms with E-state index in [4.69, 9.17) is 23.2 Å². The molecule has 0 aliphatic carbocycles. The second-order valence-corrected chi connectivity index (χ2v) is 11.9. The van der Waals surface area contributed by atoms with E-state index in [0.29, 0.717) is 11.8 Å². The molecule has 6 aromatic carbocycles. The van der Waals surface area contributed by atoms with Gasteiger partial charge in [0.2, 0.25) is 0 Å². The molecule has 0 spiro atoms. The van der Waals surface area contributed by atoms with Gasteiger partial charge in [0.25, 0.3) is 0 Å². The fraction of sp³-hybridized carbons (Fsp3) is 0.0909. The standard InChI is InChI=1S/2C22H19ClO/c2*23-16-15-21(17-7-3-1-4-8-17)22(18-9-5-2-6-10-18)19-11-13-20(24)14-12-19/h2*1-14,24H,15-16H2/b22-21+;22-21-. The minimum absolute atomic E-state index is 0.268. The van der Waals surface area contributed by atoms with Gasteiger partial charge in [-0.2, -0.15) is 0 Å². The summed E-state index contributed by atoms with van der Waals surface area (Å²) in [7, 11) is 0. The van der Waals surface area contributed by atoms with Gasteiger partial charge in [0.15, 0.2) is 0 Å². The Kier molecular flexibility index (Phi) is 12.7. The van der Waals surface area contributed by atoms with E-state index in [-0.39, 0.29) is 11.5 Å². The molecule has 0 bridgehead atoms. The lowest BCUT2D eigenvalue weighted by Crippen LogP contribution is -1.96. The SMILES string of the molecule is Oc1ccc(/C(=C(/CCCl)c2ccccc2)c2ccccc2)cc1.Oc1ccc(/C(=C(\CCCl)c2ccccc2)c2ccccc2)cc1. The highest BCUT2D eigenvalue weighted by molar-refractivity contribution is 6.19. The lowest BCUT2D eigenvalue weighted by atomic mass is 9.88. The van der Waals surface area contributed by atoms with Crippen LogP contribution in [0.25, 0.3) is 22.3 Å². The van der Waals surface area contributed by atoms with Gasteiger partial charge in [0.05, 0.1) is 0 Å². The number of allylic oxidation sites excluding steroid dienone is 2. The molecular weight excluding hydrogens is 631 g/mol. The van der Waals surface area contributed by atoms with Crippen molar-refractivity contribution in [3.63, 3.8) is 0 Å². The van der Waals surface area contributed by atoms with Crippen LogP contribution >= 0.6 is 23.2 Å². The molecule has 240 valence electrons. The zero-order valence-corrected chi connectivity index (χ0v) is 28.2. The van der Waals surface area contributed by atoms with Crippen molar-refractivity contribution >= 4 is 45.5 Å². The molecular formula is C44H38Cl2O2. The van der Waals surface area contributed by atoms with Crippen LogP contribution in [0.4, 0.5) is 0 Å². The number of alkyl halides is 2. The molecule has 0 atom stereocenters. The molecule has 48 heavy (non-hydrogen) atoms. The van der Waals surface area contributed by atoms with Crippen LogP contribution in [0.2, 0.25) is 0 Å². The van der Waals surface area contributed by atoms with Crippen LogP contribution in [0, 0.1) is 0 Å². The van der Waals surface area contributed by atoms with Gasteiger partial charge in [-0.3, -0.25) is 0 Å². The van der Waals surface area contributed by atoms with Gasteiger partial charge in [-0.05, 0) is 92.8 Å². The Hall–Kier alpha value is -5.02. The summed E-state index contributed by atoms with van der Waals surface area (Å²) in [5.74, 6) is 1.65. The Labute approximate surface area is 293 Å². The fourth-order valence-electron chi connectivity index (χ4n) is 5.79. The number of benzene rings is 6. The number of halogens is 2. The van der Waals surface area contributed by atoms with Gasteiger partial charge in [0, 0.05) is 11.8 Å². The molecule has 0 heterocycles. The zero-order valence-electron chi connectivity index (χ0n) is 26.6. The molecule has 0 fully saturated rings. The number of rotatable bonds is 10. The molecule has 0 saturated carbocycles. The van der Waals surface area contributed by atoms with Crippen LogP contribution < -0.4 is 0 Å². The minimum Gasteiger partial charge on any atom is -0.508 e. The topological polar surface area (TPSA) is 40.5 Å². The Morgan fingerprint density at radius 2 is 0.583 bits per heavy atom. The number of hydrogen-bond donors (Lipinski definition) is 2. The van der Waals surface area contributed by atoms with Crippen LogP contribution in [-0.2, 0) is 0 Å². The maximum absolute atomic E-state index is 9.63. The summed E-state index contributed by atoms with van der Waals surface area (Å²) >= 11 is 12.2. The van der Waals surface area contributed by atoms with Crippen LogP contribution in [0.5, 0.6) is 11.5 Å². The molecule has 4 heteroatoms. The molecule has 6 rings (SSSR count). The normalized spacial score (nSPS) is 11.9. The van der Waals surface area contributed by atoms with E-state index >= 15 is 0 Å². The van der Waals surface area contributed by atoms with Crippen LogP contribution in [-0.4, -0.2) is 22.0 Å². The summed E-state index contributed by atoms with van der Waals surface area (Å²) in [5, 5.41) is 19.3. The molecule has 2 N–H and O–H groups in total. The van der Waals surface area contributed by atoms with E-state index in [1.165, 1.54) is 22.3 Å². The number of aromatic hydroxyl groups is 2. The van der Waals surface area contributed by atoms with Crippen LogP contribution in [0.1, 0.15) is 46.2 Å². The number of phenolic OH excluding ortho intramolecular Hbond substituents is 2. The maximum atomic E-state index is 9.63. The zero-order chi connectivity index (χ0) is 33.6. The van der Waals surface area contributed by atoms with Crippen molar-refractivity contribution in [3.05, 3.63) is 203 Å². The largest absolute Gasteiger partial charge is 0.508 e. The van der Waals surface area contributed by atoms with Gasteiger partial charge in [-0.1, -0.05) is 146 Å². The summed E-state index contributed by atoms with van der Waals surface area (Å²) in [4.78, 5) is 0. The molecule has 0 aliphatic rings. The molecule has 6 aromatic rings. The van der Waals surface area contributed by atoms with E-state index in [0.717, 1.165) is 46.2 Å². The molecule has 2 nitrogen and oxygen atoms in total. The number of hydrogen-bond acceptors (Lipinski definition) is 2. The molecule has 0 aromatic heterocycles. The number of phenols is 2. The van der Waals surface area contributed by atoms with E-state index in [2.05, 4.69) is 48.5 Å². The Morgan fingerprint density at radius 1 is 0.333 bits per heavy atom. The summed E-state index contributed by atoms with van der Waals surface area (Å²) < 4.78 is 0. The smallest absolute Gasteiger partial charge is 0.115 e. The highest BCUT2D eigenvalue weighted by atomic mass is 35.5. The van der Waals surface area contributed by atoms with Crippen molar-refractivity contribution in [3.8, 4) is 11.5 Å². The van der Waals surface area contributed by atoms with E-state index < -0.39 is 0 Å². The first-order valence-electron chi connectivity index (χ1n) is 16.0. The Morgan fingerprint density at radius 3 is 0.854 bits per heavy atom. The Balaban J connectivity index is 0.000000188. The third kappa shape index (κ3) is 9.07. The lowest BCUT2D eigenvalue weighted by Gasteiger charge is -2.17. The van der Waals surface area contributed by atoms with Crippen molar-refractivity contribution in [2.45, 2.75) is 12.8 Å². The van der Waals surface area contributed by atoms with Crippen molar-refractivity contribution in [2.24, 2.45) is 0 Å². The van der Waals surface area contributed by atoms with E-state index in [1.54, 1.807) is 24.3 Å². The van der Waals surface area contributed by atoms with Crippen LogP contribution in [0.15, 0.2) is 170 Å². The van der Waals surface area contributed by atoms with Crippen molar-refractivity contribution in [1.29, 1.82) is 0 Å². The highest BCUT2D eigenvalue weighted by Crippen LogP contribution is 2.36. The van der Waals surface area contributed by atoms with Gasteiger partial charge in [-0.15, -0.1) is 23.2 Å². The summed E-state index contributed by atoms with van der Waals surface area (Å²) in [6, 6.07) is 56.0. The second kappa shape index (κ2) is 17.8. The van der Waals surface area contributed by atoms with Gasteiger partial charge < -0.3 is 10.2 Å². The Bertz CT molecular complexity index is 1760. The van der Waals surface area contributed by atoms with E-state index in [1.807, 2.05) is 97.1 Å². The molecule has 0 aliphatic heterocycles. The predicted octanol–water partition coefficient (Wildman–Crippen LogP) is 12.0. The van der Waals surface area contributed by atoms with Crippen molar-refractivity contribution in [1.82, 2.24) is 0 Å². The van der Waals surface area contributed by atoms with Gasteiger partial charge in [0.1, 0.15) is 11.5 Å². The first kappa shape index (κ1) is 34.3. The second-order valence-electron chi connectivity index (χ2n) is 11.1. The molecule has 0 saturated heterocycles. The summed E-state index contributed by atoms with van der Waals surface area (Å²) in [6.07, 6.45) is 1.55. The first-order valence-corrected chi connectivity index (χ1v) is 17.0. The molecule has 0 radical (unpaired) electrons. The third-order valence-electron chi connectivity index (χ3n) is 7.97. The lowest BCUT2D eigenvalue weighted by molar-refractivity contribution is 0.474. The van der Waals surface area contributed by atoms with Crippen LogP contribution in [0.3, 0.4) is 0 Å². The third-order valence-corrected chi connectivity index (χ3v) is 8.35. The fourth-order valence-corrected chi connectivity index (χ4v) is 6.17. The van der Waals surface area contributed by atoms with Gasteiger partial charge >= 0.3 is 0 Å². The maximum Gasteiger partial charge on any atom is 0.115 e. The quantitative estimate of drug-likeness (QED) is 0.113. The monoisotopic (exact) mass is 668 g/mol. The summed E-state index contributed by atoms with van der Waals surface area (Å²) in [5.41, 5.74) is 11.5. The average Bonchev–Trinajstić information content (AvgIpc) is 3.14. The molecule has 0 unspecified atom stereocenters. The highest BCUT2D eigenvalue weighted by Gasteiger charge is 2.15. The average molecular weight is 670 g/mol.